The Morgan fingerprint density at radius 2 is 2.21 bits per heavy atom. The highest BCUT2D eigenvalue weighted by atomic mass is 16.3. The molecular formula is C10H19N3O. The molecule has 0 aliphatic heterocycles. The highest BCUT2D eigenvalue weighted by Gasteiger charge is 2.36. The largest absolute Gasteiger partial charge is 0.383 e. The molecule has 1 rings (SSSR count). The molecule has 2 unspecified atom stereocenters. The zero-order valence-electron chi connectivity index (χ0n) is 9.28. The molecule has 0 aromatic carbocycles. The van der Waals surface area contributed by atoms with Crippen molar-refractivity contribution in [1.82, 2.24) is 15.4 Å². The first-order valence-corrected chi connectivity index (χ1v) is 5.08. The third kappa shape index (κ3) is 1.95. The van der Waals surface area contributed by atoms with E-state index >= 15 is 0 Å². The topological polar surface area (TPSA) is 61.8 Å². The van der Waals surface area contributed by atoms with Crippen molar-refractivity contribution in [1.29, 1.82) is 0 Å². The maximum Gasteiger partial charge on any atom is 0.114 e. The van der Waals surface area contributed by atoms with Crippen LogP contribution in [-0.4, -0.2) is 20.5 Å². The number of nitrogens with one attached hydrogen (secondary N) is 1. The normalized spacial score (nSPS) is 18.1. The predicted octanol–water partition coefficient (Wildman–Crippen LogP) is 1.69. The Morgan fingerprint density at radius 1 is 1.57 bits per heavy atom. The molecule has 4 nitrogen and oxygen atoms in total. The van der Waals surface area contributed by atoms with Crippen molar-refractivity contribution in [3.63, 3.8) is 0 Å². The van der Waals surface area contributed by atoms with Crippen LogP contribution in [0.25, 0.3) is 0 Å². The molecule has 0 spiro atoms. The molecule has 1 heterocycles. The lowest BCUT2D eigenvalue weighted by atomic mass is 9.77. The van der Waals surface area contributed by atoms with Gasteiger partial charge in [0.25, 0.3) is 0 Å². The summed E-state index contributed by atoms with van der Waals surface area (Å²) in [5.41, 5.74) is -0.270. The summed E-state index contributed by atoms with van der Waals surface area (Å²) in [5, 5.41) is 20.6. The van der Waals surface area contributed by atoms with Gasteiger partial charge in [-0.25, -0.2) is 0 Å². The minimum absolute atomic E-state index is 0.201. The molecule has 14 heavy (non-hydrogen) atoms. The van der Waals surface area contributed by atoms with Gasteiger partial charge in [0.2, 0.25) is 0 Å². The van der Waals surface area contributed by atoms with E-state index in [9.17, 15) is 5.11 Å². The van der Waals surface area contributed by atoms with E-state index in [1.807, 2.05) is 0 Å². The van der Waals surface area contributed by atoms with Gasteiger partial charge in [0.15, 0.2) is 0 Å². The van der Waals surface area contributed by atoms with E-state index in [0.717, 1.165) is 6.42 Å². The van der Waals surface area contributed by atoms with Gasteiger partial charge >= 0.3 is 0 Å². The van der Waals surface area contributed by atoms with E-state index in [1.165, 1.54) is 0 Å². The van der Waals surface area contributed by atoms with E-state index in [2.05, 4.69) is 36.2 Å². The maximum absolute atomic E-state index is 10.4. The van der Waals surface area contributed by atoms with Gasteiger partial charge in [0, 0.05) is 0 Å². The number of rotatable bonds is 4. The molecule has 1 aromatic rings. The van der Waals surface area contributed by atoms with Crippen LogP contribution in [0.4, 0.5) is 0 Å². The van der Waals surface area contributed by atoms with Gasteiger partial charge < -0.3 is 5.11 Å². The highest BCUT2D eigenvalue weighted by Crippen LogP contribution is 2.34. The SMILES string of the molecule is CCC(C(C)C)C(C)(O)c1cn[nH]n1. The van der Waals surface area contributed by atoms with Crippen LogP contribution < -0.4 is 0 Å². The molecule has 2 N–H and O–H groups in total. The minimum Gasteiger partial charge on any atom is -0.383 e. The van der Waals surface area contributed by atoms with E-state index in [4.69, 9.17) is 0 Å². The monoisotopic (exact) mass is 197 g/mol. The molecule has 1 aromatic heterocycles. The first-order valence-electron chi connectivity index (χ1n) is 5.08. The molecular weight excluding hydrogens is 178 g/mol. The number of H-pyrrole nitrogens is 1. The number of nitrogens with zero attached hydrogens (tertiary/aromatic N) is 2. The molecule has 0 saturated heterocycles. The Morgan fingerprint density at radius 3 is 2.57 bits per heavy atom. The summed E-state index contributed by atoms with van der Waals surface area (Å²) in [5.74, 6) is 0.624. The third-order valence-corrected chi connectivity index (χ3v) is 2.90. The standard InChI is InChI=1S/C10H19N3O/c1-5-8(7(2)3)10(4,14)9-6-11-13-12-9/h6-8,14H,5H2,1-4H3,(H,11,12,13). The number of hydrogen-bond acceptors (Lipinski definition) is 3. The van der Waals surface area contributed by atoms with Crippen molar-refractivity contribution in [2.75, 3.05) is 0 Å². The van der Waals surface area contributed by atoms with E-state index in [-0.39, 0.29) is 5.92 Å². The average molecular weight is 197 g/mol. The third-order valence-electron chi connectivity index (χ3n) is 2.90. The molecule has 0 saturated carbocycles. The number of hydrogen-bond donors (Lipinski definition) is 2. The molecule has 0 aliphatic carbocycles. The molecule has 4 heteroatoms. The van der Waals surface area contributed by atoms with Crippen LogP contribution in [0.15, 0.2) is 6.20 Å². The van der Waals surface area contributed by atoms with Crippen LogP contribution in [0, 0.1) is 11.8 Å². The van der Waals surface area contributed by atoms with Gasteiger partial charge in [-0.1, -0.05) is 20.8 Å². The minimum atomic E-state index is -0.893. The van der Waals surface area contributed by atoms with Crippen LogP contribution in [-0.2, 0) is 5.60 Å². The lowest BCUT2D eigenvalue weighted by Gasteiger charge is -2.33. The Hall–Kier alpha value is -0.900. The fourth-order valence-electron chi connectivity index (χ4n) is 2.15. The van der Waals surface area contributed by atoms with Crippen molar-refractivity contribution in [2.24, 2.45) is 11.8 Å². The van der Waals surface area contributed by atoms with Gasteiger partial charge in [-0.3, -0.25) is 0 Å². The fourth-order valence-corrected chi connectivity index (χ4v) is 2.15. The molecule has 0 radical (unpaired) electrons. The summed E-state index contributed by atoms with van der Waals surface area (Å²) >= 11 is 0. The zero-order chi connectivity index (χ0) is 10.8. The second kappa shape index (κ2) is 4.09. The van der Waals surface area contributed by atoms with Crippen LogP contribution in [0.3, 0.4) is 0 Å². The predicted molar refractivity (Wildman–Crippen MR) is 54.6 cm³/mol. The van der Waals surface area contributed by atoms with E-state index in [1.54, 1.807) is 13.1 Å². The first-order chi connectivity index (χ1) is 6.50. The molecule has 2 atom stereocenters. The molecule has 80 valence electrons. The van der Waals surface area contributed by atoms with Crippen LogP contribution in [0.2, 0.25) is 0 Å². The molecule has 0 aliphatic rings. The molecule has 0 bridgehead atoms. The van der Waals surface area contributed by atoms with Crippen LogP contribution in [0.1, 0.15) is 39.8 Å². The summed E-state index contributed by atoms with van der Waals surface area (Å²) in [6.07, 6.45) is 2.52. The second-order valence-electron chi connectivity index (χ2n) is 4.26. The lowest BCUT2D eigenvalue weighted by Crippen LogP contribution is -2.35. The summed E-state index contributed by atoms with van der Waals surface area (Å²) in [6, 6.07) is 0. The van der Waals surface area contributed by atoms with Crippen molar-refractivity contribution >= 4 is 0 Å². The smallest absolute Gasteiger partial charge is 0.114 e. The van der Waals surface area contributed by atoms with Gasteiger partial charge in [0.05, 0.1) is 6.20 Å². The maximum atomic E-state index is 10.4. The average Bonchev–Trinajstić information content (AvgIpc) is 2.55. The Balaban J connectivity index is 2.93. The number of aromatic nitrogens is 3. The Kier molecular flexibility index (Phi) is 3.26. The fraction of sp³-hybridized carbons (Fsp3) is 0.800. The summed E-state index contributed by atoms with van der Waals surface area (Å²) in [7, 11) is 0. The van der Waals surface area contributed by atoms with E-state index in [0.29, 0.717) is 11.6 Å². The quantitative estimate of drug-likeness (QED) is 0.772. The molecule has 0 amide bonds. The summed E-state index contributed by atoms with van der Waals surface area (Å²) in [4.78, 5) is 0. The Labute approximate surface area is 84.7 Å². The summed E-state index contributed by atoms with van der Waals surface area (Å²) < 4.78 is 0. The molecule has 0 fully saturated rings. The van der Waals surface area contributed by atoms with Gasteiger partial charge in [0.1, 0.15) is 11.3 Å². The van der Waals surface area contributed by atoms with Gasteiger partial charge in [-0.15, -0.1) is 0 Å². The van der Waals surface area contributed by atoms with Crippen molar-refractivity contribution in [3.05, 3.63) is 11.9 Å². The van der Waals surface area contributed by atoms with E-state index < -0.39 is 5.60 Å². The van der Waals surface area contributed by atoms with Crippen molar-refractivity contribution in [2.45, 2.75) is 39.7 Å². The second-order valence-corrected chi connectivity index (χ2v) is 4.26. The number of aliphatic hydroxyl groups is 1. The number of aromatic amines is 1. The van der Waals surface area contributed by atoms with Crippen LogP contribution >= 0.6 is 0 Å². The van der Waals surface area contributed by atoms with Gasteiger partial charge in [-0.2, -0.15) is 15.4 Å². The highest BCUT2D eigenvalue weighted by molar-refractivity contribution is 5.06. The Bertz CT molecular complexity index is 267. The van der Waals surface area contributed by atoms with Crippen LogP contribution in [0.5, 0.6) is 0 Å². The lowest BCUT2D eigenvalue weighted by molar-refractivity contribution is -0.0314. The van der Waals surface area contributed by atoms with Crippen molar-refractivity contribution < 1.29 is 5.11 Å². The zero-order valence-corrected chi connectivity index (χ0v) is 9.28. The summed E-state index contributed by atoms with van der Waals surface area (Å²) in [6.45, 7) is 8.11. The van der Waals surface area contributed by atoms with Crippen molar-refractivity contribution in [3.8, 4) is 0 Å². The first kappa shape index (κ1) is 11.2. The van der Waals surface area contributed by atoms with Gasteiger partial charge in [-0.05, 0) is 25.2 Å².